The smallest absolute Gasteiger partial charge is 0.253 e. The van der Waals surface area contributed by atoms with Gasteiger partial charge in [-0.15, -0.1) is 0 Å². The molecular weight excluding hydrogens is 290 g/mol. The van der Waals surface area contributed by atoms with Gasteiger partial charge in [0.1, 0.15) is 11.6 Å². The molecule has 0 heterocycles. The van der Waals surface area contributed by atoms with Crippen molar-refractivity contribution in [3.05, 3.63) is 34.9 Å². The lowest BCUT2D eigenvalue weighted by atomic mass is 9.75. The highest BCUT2D eigenvalue weighted by Gasteiger charge is 2.42. The Morgan fingerprint density at radius 2 is 1.76 bits per heavy atom. The fourth-order valence-corrected chi connectivity index (χ4v) is 3.01. The monoisotopic (exact) mass is 307 g/mol. The van der Waals surface area contributed by atoms with Gasteiger partial charge in [0, 0.05) is 12.8 Å². The molecule has 1 aromatic carbocycles. The van der Waals surface area contributed by atoms with Crippen molar-refractivity contribution in [3.8, 4) is 0 Å². The summed E-state index contributed by atoms with van der Waals surface area (Å²) in [6.45, 7) is 3.40. The van der Waals surface area contributed by atoms with Crippen LogP contribution >= 0.6 is 11.6 Å². The number of halogens is 1. The Bertz CT molecular complexity index is 579. The molecule has 2 rings (SSSR count). The van der Waals surface area contributed by atoms with Crippen LogP contribution in [-0.4, -0.2) is 23.0 Å². The van der Waals surface area contributed by atoms with Crippen LogP contribution in [-0.2, 0) is 9.59 Å². The fraction of sp³-hybridized carbons (Fsp3) is 0.438. The summed E-state index contributed by atoms with van der Waals surface area (Å²) in [6, 6.07) is 6.68. The van der Waals surface area contributed by atoms with Crippen molar-refractivity contribution in [1.29, 1.82) is 0 Å². The quantitative estimate of drug-likeness (QED) is 0.873. The summed E-state index contributed by atoms with van der Waals surface area (Å²) >= 11 is 6.00. The van der Waals surface area contributed by atoms with Crippen molar-refractivity contribution in [2.75, 3.05) is 0 Å². The first-order chi connectivity index (χ1) is 9.83. The molecule has 1 aliphatic rings. The van der Waals surface area contributed by atoms with Gasteiger partial charge < -0.3 is 5.32 Å². The van der Waals surface area contributed by atoms with E-state index in [1.807, 2.05) is 0 Å². The molecule has 21 heavy (non-hydrogen) atoms. The second kappa shape index (κ2) is 5.98. The molecular formula is C16H18ClNO3. The normalized spacial score (nSPS) is 16.9. The van der Waals surface area contributed by atoms with Crippen LogP contribution in [0.25, 0.3) is 0 Å². The van der Waals surface area contributed by atoms with Crippen LogP contribution in [0.5, 0.6) is 0 Å². The lowest BCUT2D eigenvalue weighted by molar-refractivity contribution is -0.138. The molecule has 1 amide bonds. The summed E-state index contributed by atoms with van der Waals surface area (Å²) in [5, 5.41) is 3.12. The predicted molar refractivity (Wildman–Crippen MR) is 80.4 cm³/mol. The van der Waals surface area contributed by atoms with E-state index in [9.17, 15) is 14.4 Å². The number of benzene rings is 1. The van der Waals surface area contributed by atoms with Crippen LogP contribution in [0.4, 0.5) is 0 Å². The van der Waals surface area contributed by atoms with Crippen molar-refractivity contribution >= 4 is 29.1 Å². The first-order valence-corrected chi connectivity index (χ1v) is 7.33. The molecule has 0 bridgehead atoms. The largest absolute Gasteiger partial charge is 0.346 e. The minimum absolute atomic E-state index is 0.101. The summed E-state index contributed by atoms with van der Waals surface area (Å²) in [6.07, 6.45) is 1.38. The highest BCUT2D eigenvalue weighted by atomic mass is 35.5. The van der Waals surface area contributed by atoms with Crippen LogP contribution in [0.2, 0.25) is 5.02 Å². The number of Topliss-reactive ketones (excluding diaryl/α,β-unsaturated/α-hetero) is 2. The van der Waals surface area contributed by atoms with Gasteiger partial charge in [0.15, 0.2) is 0 Å². The van der Waals surface area contributed by atoms with Gasteiger partial charge in [-0.3, -0.25) is 14.4 Å². The zero-order valence-corrected chi connectivity index (χ0v) is 12.9. The van der Waals surface area contributed by atoms with E-state index in [2.05, 4.69) is 5.32 Å². The van der Waals surface area contributed by atoms with Crippen molar-refractivity contribution < 1.29 is 14.4 Å². The van der Waals surface area contributed by atoms with Crippen molar-refractivity contribution in [2.45, 2.75) is 38.6 Å². The zero-order valence-electron chi connectivity index (χ0n) is 12.1. The van der Waals surface area contributed by atoms with Crippen molar-refractivity contribution in [3.63, 3.8) is 0 Å². The molecule has 0 radical (unpaired) electrons. The van der Waals surface area contributed by atoms with Gasteiger partial charge in [-0.2, -0.15) is 0 Å². The molecule has 4 nitrogen and oxygen atoms in total. The zero-order chi connectivity index (χ0) is 15.6. The van der Waals surface area contributed by atoms with Gasteiger partial charge in [0.2, 0.25) is 0 Å². The Hall–Kier alpha value is -1.68. The molecule has 1 saturated carbocycles. The van der Waals surface area contributed by atoms with Crippen LogP contribution in [0, 0.1) is 5.92 Å². The van der Waals surface area contributed by atoms with Crippen molar-refractivity contribution in [2.24, 2.45) is 5.92 Å². The SMILES string of the molecule is CC(C)(NC(=O)c1ccccc1Cl)C1C(=O)CCCC1=O. The molecule has 1 N–H and O–H groups in total. The standard InChI is InChI=1S/C16H18ClNO3/c1-16(2,14-12(19)8-5-9-13(14)20)18-15(21)10-6-3-4-7-11(10)17/h3-4,6-7,14H,5,8-9H2,1-2H3,(H,18,21). The van der Waals surface area contributed by atoms with Crippen molar-refractivity contribution in [1.82, 2.24) is 5.32 Å². The Morgan fingerprint density at radius 1 is 1.19 bits per heavy atom. The first kappa shape index (κ1) is 15.7. The van der Waals surface area contributed by atoms with E-state index in [0.29, 0.717) is 29.8 Å². The molecule has 0 aromatic heterocycles. The van der Waals surface area contributed by atoms with Gasteiger partial charge in [-0.25, -0.2) is 0 Å². The second-order valence-electron chi connectivity index (χ2n) is 5.87. The van der Waals surface area contributed by atoms with E-state index in [-0.39, 0.29) is 17.5 Å². The molecule has 0 saturated heterocycles. The maximum Gasteiger partial charge on any atom is 0.253 e. The molecule has 1 fully saturated rings. The predicted octanol–water partition coefficient (Wildman–Crippen LogP) is 2.79. The first-order valence-electron chi connectivity index (χ1n) is 6.95. The maximum absolute atomic E-state index is 12.3. The van der Waals surface area contributed by atoms with E-state index in [0.717, 1.165) is 0 Å². The Kier molecular flexibility index (Phi) is 4.47. The third kappa shape index (κ3) is 3.32. The molecule has 1 aromatic rings. The van der Waals surface area contributed by atoms with E-state index in [1.54, 1.807) is 38.1 Å². The lowest BCUT2D eigenvalue weighted by Gasteiger charge is -2.35. The summed E-state index contributed by atoms with van der Waals surface area (Å²) in [7, 11) is 0. The van der Waals surface area contributed by atoms with Crippen LogP contribution in [0.1, 0.15) is 43.5 Å². The van der Waals surface area contributed by atoms with E-state index in [1.165, 1.54) is 0 Å². The van der Waals surface area contributed by atoms with Crippen LogP contribution in [0.15, 0.2) is 24.3 Å². The number of ketones is 2. The van der Waals surface area contributed by atoms with E-state index < -0.39 is 11.5 Å². The molecule has 0 aliphatic heterocycles. The molecule has 0 atom stereocenters. The summed E-state index contributed by atoms with van der Waals surface area (Å²) in [5.41, 5.74) is -0.590. The minimum Gasteiger partial charge on any atom is -0.346 e. The molecule has 5 heteroatoms. The molecule has 112 valence electrons. The molecule has 0 spiro atoms. The molecule has 0 unspecified atom stereocenters. The number of hydrogen-bond donors (Lipinski definition) is 1. The van der Waals surface area contributed by atoms with Gasteiger partial charge in [-0.05, 0) is 32.4 Å². The lowest BCUT2D eigenvalue weighted by Crippen LogP contribution is -2.55. The minimum atomic E-state index is -0.926. The number of rotatable bonds is 3. The fourth-order valence-electron chi connectivity index (χ4n) is 2.79. The Balaban J connectivity index is 2.20. The van der Waals surface area contributed by atoms with Crippen LogP contribution in [0.3, 0.4) is 0 Å². The van der Waals surface area contributed by atoms with Crippen LogP contribution < -0.4 is 5.32 Å². The highest BCUT2D eigenvalue weighted by molar-refractivity contribution is 6.33. The second-order valence-corrected chi connectivity index (χ2v) is 6.28. The van der Waals surface area contributed by atoms with Gasteiger partial charge in [0.25, 0.3) is 5.91 Å². The van der Waals surface area contributed by atoms with Gasteiger partial charge in [0.05, 0.1) is 22.0 Å². The van der Waals surface area contributed by atoms with Gasteiger partial charge >= 0.3 is 0 Å². The third-order valence-corrected chi connectivity index (χ3v) is 4.10. The number of carbonyl (C=O) groups excluding carboxylic acids is 3. The highest BCUT2D eigenvalue weighted by Crippen LogP contribution is 2.28. The average Bonchev–Trinajstić information content (AvgIpc) is 2.37. The summed E-state index contributed by atoms with van der Waals surface area (Å²) in [5.74, 6) is -1.36. The van der Waals surface area contributed by atoms with E-state index in [4.69, 9.17) is 11.6 Å². The number of hydrogen-bond acceptors (Lipinski definition) is 3. The maximum atomic E-state index is 12.3. The average molecular weight is 308 g/mol. The Morgan fingerprint density at radius 3 is 2.33 bits per heavy atom. The topological polar surface area (TPSA) is 63.2 Å². The van der Waals surface area contributed by atoms with E-state index >= 15 is 0 Å². The summed E-state index contributed by atoms with van der Waals surface area (Å²) < 4.78 is 0. The third-order valence-electron chi connectivity index (χ3n) is 3.77. The number of amides is 1. The number of carbonyl (C=O) groups is 3. The Labute approximate surface area is 128 Å². The van der Waals surface area contributed by atoms with Gasteiger partial charge in [-0.1, -0.05) is 23.7 Å². The summed E-state index contributed by atoms with van der Waals surface area (Å²) in [4.78, 5) is 36.4. The number of nitrogens with one attached hydrogen (secondary N) is 1. The molecule has 1 aliphatic carbocycles.